The fraction of sp³-hybridized carbons (Fsp3) is 0.235. The van der Waals surface area contributed by atoms with Crippen molar-refractivity contribution in [2.45, 2.75) is 19.6 Å². The largest absolute Gasteiger partial charge is 0.346 e. The summed E-state index contributed by atoms with van der Waals surface area (Å²) in [5, 5.41) is 16.1. The van der Waals surface area contributed by atoms with Gasteiger partial charge >= 0.3 is 0 Å². The molecule has 1 amide bonds. The zero-order valence-electron chi connectivity index (χ0n) is 13.8. The van der Waals surface area contributed by atoms with E-state index >= 15 is 0 Å². The standard InChI is InChI=1S/C17H17ClFN5OS/c18-14-4-1-5-15(19)13(14)10-20-6-7-24-11-16(22-23-24)17(25)21-9-12-3-2-8-26-12/h1-5,8,11,20H,6-7,9-10H2,(H,21,25). The van der Waals surface area contributed by atoms with E-state index in [1.54, 1.807) is 34.3 Å². The van der Waals surface area contributed by atoms with Crippen LogP contribution in [0.2, 0.25) is 5.02 Å². The van der Waals surface area contributed by atoms with E-state index in [1.165, 1.54) is 6.07 Å². The second-order valence-electron chi connectivity index (χ2n) is 5.51. The minimum Gasteiger partial charge on any atom is -0.346 e. The number of carbonyl (C=O) groups excluding carboxylic acids is 1. The molecule has 0 aliphatic carbocycles. The van der Waals surface area contributed by atoms with Crippen LogP contribution in [0.15, 0.2) is 41.9 Å². The smallest absolute Gasteiger partial charge is 0.273 e. The molecule has 2 aromatic heterocycles. The Morgan fingerprint density at radius 1 is 1.27 bits per heavy atom. The average molecular weight is 394 g/mol. The van der Waals surface area contributed by atoms with Gasteiger partial charge in [-0.1, -0.05) is 28.9 Å². The third kappa shape index (κ3) is 4.87. The summed E-state index contributed by atoms with van der Waals surface area (Å²) in [6, 6.07) is 8.49. The van der Waals surface area contributed by atoms with E-state index < -0.39 is 0 Å². The van der Waals surface area contributed by atoms with Gasteiger partial charge in [-0.05, 0) is 23.6 Å². The Kier molecular flexibility index (Phi) is 6.32. The molecule has 3 rings (SSSR count). The van der Waals surface area contributed by atoms with Crippen LogP contribution >= 0.6 is 22.9 Å². The van der Waals surface area contributed by atoms with Crippen LogP contribution in [0.3, 0.4) is 0 Å². The van der Waals surface area contributed by atoms with Crippen molar-refractivity contribution < 1.29 is 9.18 Å². The molecule has 0 aliphatic heterocycles. The van der Waals surface area contributed by atoms with Gasteiger partial charge in [-0.25, -0.2) is 4.39 Å². The summed E-state index contributed by atoms with van der Waals surface area (Å²) in [5.41, 5.74) is 0.695. The van der Waals surface area contributed by atoms with Gasteiger partial charge in [0.1, 0.15) is 5.82 Å². The summed E-state index contributed by atoms with van der Waals surface area (Å²) in [6.07, 6.45) is 1.58. The first-order valence-corrected chi connectivity index (χ1v) is 9.23. The highest BCUT2D eigenvalue weighted by molar-refractivity contribution is 7.09. The van der Waals surface area contributed by atoms with Gasteiger partial charge in [0.25, 0.3) is 5.91 Å². The molecule has 6 nitrogen and oxygen atoms in total. The number of amides is 1. The van der Waals surface area contributed by atoms with Crippen LogP contribution in [0.25, 0.3) is 0 Å². The van der Waals surface area contributed by atoms with Gasteiger partial charge in [-0.2, -0.15) is 0 Å². The van der Waals surface area contributed by atoms with E-state index in [1.807, 2.05) is 17.5 Å². The highest BCUT2D eigenvalue weighted by Gasteiger charge is 2.11. The predicted octanol–water partition coefficient (Wildman–Crippen LogP) is 2.85. The summed E-state index contributed by atoms with van der Waals surface area (Å²) >= 11 is 7.56. The predicted molar refractivity (Wildman–Crippen MR) is 98.6 cm³/mol. The molecule has 26 heavy (non-hydrogen) atoms. The quantitative estimate of drug-likeness (QED) is 0.577. The van der Waals surface area contributed by atoms with Crippen molar-refractivity contribution in [3.63, 3.8) is 0 Å². The molecule has 2 heterocycles. The maximum Gasteiger partial charge on any atom is 0.273 e. The minimum absolute atomic E-state index is 0.263. The van der Waals surface area contributed by atoms with Gasteiger partial charge < -0.3 is 10.6 Å². The van der Waals surface area contributed by atoms with E-state index in [9.17, 15) is 9.18 Å². The monoisotopic (exact) mass is 393 g/mol. The number of carbonyl (C=O) groups is 1. The maximum atomic E-state index is 13.7. The summed E-state index contributed by atoms with van der Waals surface area (Å²) in [4.78, 5) is 13.1. The fourth-order valence-electron chi connectivity index (χ4n) is 2.29. The van der Waals surface area contributed by atoms with E-state index in [0.29, 0.717) is 36.8 Å². The van der Waals surface area contributed by atoms with Gasteiger partial charge in [-0.15, -0.1) is 16.4 Å². The number of halogens is 2. The van der Waals surface area contributed by atoms with Crippen LogP contribution in [0.5, 0.6) is 0 Å². The Hall–Kier alpha value is -2.29. The molecular weight excluding hydrogens is 377 g/mol. The molecule has 3 aromatic rings. The molecule has 9 heteroatoms. The van der Waals surface area contributed by atoms with Crippen LogP contribution in [-0.2, 0) is 19.6 Å². The molecule has 2 N–H and O–H groups in total. The lowest BCUT2D eigenvalue weighted by Crippen LogP contribution is -2.23. The van der Waals surface area contributed by atoms with E-state index in [-0.39, 0.29) is 17.4 Å². The highest BCUT2D eigenvalue weighted by Crippen LogP contribution is 2.18. The SMILES string of the molecule is O=C(NCc1cccs1)c1cn(CCNCc2c(F)cccc2Cl)nn1. The summed E-state index contributed by atoms with van der Waals surface area (Å²) < 4.78 is 15.2. The van der Waals surface area contributed by atoms with Crippen molar-refractivity contribution in [1.82, 2.24) is 25.6 Å². The number of benzene rings is 1. The van der Waals surface area contributed by atoms with Crippen LogP contribution in [0.1, 0.15) is 20.9 Å². The zero-order chi connectivity index (χ0) is 18.4. The highest BCUT2D eigenvalue weighted by atomic mass is 35.5. The fourth-order valence-corrected chi connectivity index (χ4v) is 3.17. The molecule has 0 unspecified atom stereocenters. The second kappa shape index (κ2) is 8.88. The van der Waals surface area contributed by atoms with Crippen molar-refractivity contribution in [3.05, 3.63) is 68.9 Å². The van der Waals surface area contributed by atoms with Crippen molar-refractivity contribution in [2.24, 2.45) is 0 Å². The van der Waals surface area contributed by atoms with Crippen molar-refractivity contribution in [3.8, 4) is 0 Å². The number of aromatic nitrogens is 3. The third-order valence-electron chi connectivity index (χ3n) is 3.66. The summed E-state index contributed by atoms with van der Waals surface area (Å²) in [6.45, 7) is 1.81. The normalized spacial score (nSPS) is 10.8. The van der Waals surface area contributed by atoms with Crippen LogP contribution < -0.4 is 10.6 Å². The molecule has 0 fully saturated rings. The van der Waals surface area contributed by atoms with Crippen LogP contribution in [-0.4, -0.2) is 27.4 Å². The number of thiophene rings is 1. The van der Waals surface area contributed by atoms with Gasteiger partial charge in [-0.3, -0.25) is 9.48 Å². The molecule has 136 valence electrons. The first-order chi connectivity index (χ1) is 12.6. The molecule has 0 spiro atoms. The molecule has 0 saturated heterocycles. The first-order valence-electron chi connectivity index (χ1n) is 7.98. The topological polar surface area (TPSA) is 71.8 Å². The molecule has 1 aromatic carbocycles. The molecular formula is C17H17ClFN5OS. The lowest BCUT2D eigenvalue weighted by atomic mass is 10.2. The number of nitrogens with one attached hydrogen (secondary N) is 2. The van der Waals surface area contributed by atoms with Crippen molar-refractivity contribution in [2.75, 3.05) is 6.54 Å². The first kappa shape index (κ1) is 18.5. The Labute approximate surface area is 159 Å². The van der Waals surface area contributed by atoms with Crippen LogP contribution in [0, 0.1) is 5.82 Å². The van der Waals surface area contributed by atoms with Gasteiger partial charge in [0.2, 0.25) is 0 Å². The number of rotatable bonds is 8. The molecule has 0 saturated carbocycles. The summed E-state index contributed by atoms with van der Waals surface area (Å²) in [7, 11) is 0. The average Bonchev–Trinajstić information content (AvgIpc) is 3.30. The molecule has 0 aliphatic rings. The van der Waals surface area contributed by atoms with Crippen molar-refractivity contribution >= 4 is 28.8 Å². The Bertz CT molecular complexity index is 848. The number of nitrogens with zero attached hydrogens (tertiary/aromatic N) is 3. The van der Waals surface area contributed by atoms with Gasteiger partial charge in [0.05, 0.1) is 19.3 Å². The van der Waals surface area contributed by atoms with Gasteiger partial charge in [0, 0.05) is 28.6 Å². The van der Waals surface area contributed by atoms with Crippen LogP contribution in [0.4, 0.5) is 4.39 Å². The van der Waals surface area contributed by atoms with Crippen molar-refractivity contribution in [1.29, 1.82) is 0 Å². The minimum atomic E-state index is -0.338. The maximum absolute atomic E-state index is 13.7. The van der Waals surface area contributed by atoms with Gasteiger partial charge in [0.15, 0.2) is 5.69 Å². The number of hydrogen-bond acceptors (Lipinski definition) is 5. The summed E-state index contributed by atoms with van der Waals surface area (Å²) in [5.74, 6) is -0.605. The second-order valence-corrected chi connectivity index (χ2v) is 6.95. The molecule has 0 atom stereocenters. The zero-order valence-corrected chi connectivity index (χ0v) is 15.4. The Balaban J connectivity index is 1.44. The molecule has 0 radical (unpaired) electrons. The lowest BCUT2D eigenvalue weighted by molar-refractivity contribution is 0.0946. The van der Waals surface area contributed by atoms with E-state index in [2.05, 4.69) is 20.9 Å². The molecule has 0 bridgehead atoms. The van der Waals surface area contributed by atoms with E-state index in [4.69, 9.17) is 11.6 Å². The lowest BCUT2D eigenvalue weighted by Gasteiger charge is -2.07. The number of hydrogen-bond donors (Lipinski definition) is 2. The third-order valence-corrected chi connectivity index (χ3v) is 4.89. The Morgan fingerprint density at radius 2 is 2.15 bits per heavy atom. The Morgan fingerprint density at radius 3 is 2.92 bits per heavy atom. The van der Waals surface area contributed by atoms with E-state index in [0.717, 1.165) is 4.88 Å².